The number of hydrogen-bond donors (Lipinski definition) is 1. The Hall–Kier alpha value is -0.320. The first-order valence-corrected chi connectivity index (χ1v) is 5.84. The number of halogens is 1. The minimum absolute atomic E-state index is 0.448. The van der Waals surface area contributed by atoms with E-state index in [9.17, 15) is 0 Å². The SMILES string of the molecule is CCOc1nc(Cl)c(CNC(C)C)s1. The molecule has 14 heavy (non-hydrogen) atoms. The molecule has 0 fully saturated rings. The molecule has 0 saturated carbocycles. The highest BCUT2D eigenvalue weighted by atomic mass is 35.5. The van der Waals surface area contributed by atoms with Crippen LogP contribution in [-0.4, -0.2) is 17.6 Å². The van der Waals surface area contributed by atoms with Crippen molar-refractivity contribution >= 4 is 22.9 Å². The fourth-order valence-electron chi connectivity index (χ4n) is 0.904. The molecule has 1 heterocycles. The minimum atomic E-state index is 0.448. The lowest BCUT2D eigenvalue weighted by atomic mass is 10.4. The summed E-state index contributed by atoms with van der Waals surface area (Å²) in [6.07, 6.45) is 0. The van der Waals surface area contributed by atoms with Crippen LogP contribution in [-0.2, 0) is 6.54 Å². The van der Waals surface area contributed by atoms with Crippen LogP contribution in [0, 0.1) is 0 Å². The standard InChI is InChI=1S/C9H15ClN2OS/c1-4-13-9-12-8(10)7(14-9)5-11-6(2)3/h6,11H,4-5H2,1-3H3. The van der Waals surface area contributed by atoms with Crippen LogP contribution < -0.4 is 10.1 Å². The van der Waals surface area contributed by atoms with E-state index in [1.54, 1.807) is 0 Å². The molecule has 0 bridgehead atoms. The number of ether oxygens (including phenoxy) is 1. The summed E-state index contributed by atoms with van der Waals surface area (Å²) in [6.45, 7) is 7.50. The molecule has 0 saturated heterocycles. The summed E-state index contributed by atoms with van der Waals surface area (Å²) in [5.41, 5.74) is 0. The van der Waals surface area contributed by atoms with Gasteiger partial charge < -0.3 is 10.1 Å². The van der Waals surface area contributed by atoms with E-state index in [0.717, 1.165) is 11.4 Å². The highest BCUT2D eigenvalue weighted by Gasteiger charge is 2.09. The first-order valence-electron chi connectivity index (χ1n) is 4.64. The third kappa shape index (κ3) is 3.44. The van der Waals surface area contributed by atoms with Gasteiger partial charge in [-0.2, -0.15) is 4.98 Å². The van der Waals surface area contributed by atoms with E-state index in [0.29, 0.717) is 23.0 Å². The number of nitrogens with zero attached hydrogens (tertiary/aromatic N) is 1. The number of aromatic nitrogens is 1. The summed E-state index contributed by atoms with van der Waals surface area (Å²) < 4.78 is 5.27. The molecule has 0 radical (unpaired) electrons. The molecule has 1 N–H and O–H groups in total. The molecule has 1 aromatic rings. The zero-order chi connectivity index (χ0) is 10.6. The molecule has 0 amide bonds. The highest BCUT2D eigenvalue weighted by molar-refractivity contribution is 7.13. The topological polar surface area (TPSA) is 34.1 Å². The monoisotopic (exact) mass is 234 g/mol. The maximum Gasteiger partial charge on any atom is 0.274 e. The van der Waals surface area contributed by atoms with E-state index >= 15 is 0 Å². The van der Waals surface area contributed by atoms with Gasteiger partial charge in [0, 0.05) is 12.6 Å². The highest BCUT2D eigenvalue weighted by Crippen LogP contribution is 2.28. The first-order chi connectivity index (χ1) is 6.63. The van der Waals surface area contributed by atoms with Crippen LogP contribution in [0.2, 0.25) is 5.15 Å². The lowest BCUT2D eigenvalue weighted by molar-refractivity contribution is 0.338. The zero-order valence-corrected chi connectivity index (χ0v) is 10.2. The van der Waals surface area contributed by atoms with E-state index < -0.39 is 0 Å². The van der Waals surface area contributed by atoms with Crippen molar-refractivity contribution in [1.82, 2.24) is 10.3 Å². The Morgan fingerprint density at radius 1 is 1.57 bits per heavy atom. The molecule has 1 aromatic heterocycles. The first kappa shape index (κ1) is 11.8. The van der Waals surface area contributed by atoms with Crippen LogP contribution in [0.3, 0.4) is 0 Å². The fourth-order valence-corrected chi connectivity index (χ4v) is 2.02. The van der Waals surface area contributed by atoms with Gasteiger partial charge in [-0.05, 0) is 6.92 Å². The molecule has 0 spiro atoms. The van der Waals surface area contributed by atoms with E-state index in [1.807, 2.05) is 6.92 Å². The zero-order valence-electron chi connectivity index (χ0n) is 8.63. The predicted octanol–water partition coefficient (Wildman–Crippen LogP) is 2.69. The van der Waals surface area contributed by atoms with Gasteiger partial charge in [-0.25, -0.2) is 0 Å². The van der Waals surface area contributed by atoms with Gasteiger partial charge in [0.15, 0.2) is 0 Å². The fraction of sp³-hybridized carbons (Fsp3) is 0.667. The molecule has 5 heteroatoms. The maximum atomic E-state index is 5.94. The molecule has 0 aliphatic heterocycles. The second-order valence-corrected chi connectivity index (χ2v) is 4.57. The third-order valence-corrected chi connectivity index (χ3v) is 2.96. The van der Waals surface area contributed by atoms with Crippen LogP contribution in [0.15, 0.2) is 0 Å². The third-order valence-electron chi connectivity index (χ3n) is 1.57. The molecule has 80 valence electrons. The number of nitrogens with one attached hydrogen (secondary N) is 1. The lowest BCUT2D eigenvalue weighted by Crippen LogP contribution is -2.21. The van der Waals surface area contributed by atoms with Crippen molar-refractivity contribution in [3.8, 4) is 5.19 Å². The summed E-state index contributed by atoms with van der Waals surface area (Å²) in [5.74, 6) is 0. The van der Waals surface area contributed by atoms with Crippen LogP contribution in [0.25, 0.3) is 0 Å². The largest absolute Gasteiger partial charge is 0.470 e. The van der Waals surface area contributed by atoms with Gasteiger partial charge in [0.05, 0.1) is 11.5 Å². The predicted molar refractivity (Wildman–Crippen MR) is 60.3 cm³/mol. The molecule has 3 nitrogen and oxygen atoms in total. The van der Waals surface area contributed by atoms with Crippen LogP contribution in [0.4, 0.5) is 0 Å². The van der Waals surface area contributed by atoms with Crippen LogP contribution in [0.1, 0.15) is 25.6 Å². The van der Waals surface area contributed by atoms with Crippen molar-refractivity contribution in [2.24, 2.45) is 0 Å². The number of hydrogen-bond acceptors (Lipinski definition) is 4. The van der Waals surface area contributed by atoms with Crippen molar-refractivity contribution in [2.45, 2.75) is 33.4 Å². The molecule has 0 aromatic carbocycles. The lowest BCUT2D eigenvalue weighted by Gasteiger charge is -2.05. The van der Waals surface area contributed by atoms with Crippen molar-refractivity contribution in [3.05, 3.63) is 10.0 Å². The van der Waals surface area contributed by atoms with E-state index in [4.69, 9.17) is 16.3 Å². The van der Waals surface area contributed by atoms with E-state index in [-0.39, 0.29) is 0 Å². The van der Waals surface area contributed by atoms with Gasteiger partial charge >= 0.3 is 0 Å². The van der Waals surface area contributed by atoms with Gasteiger partial charge in [-0.3, -0.25) is 0 Å². The molecular formula is C9H15ClN2OS. The van der Waals surface area contributed by atoms with Crippen LogP contribution in [0.5, 0.6) is 5.19 Å². The Balaban J connectivity index is 2.58. The number of rotatable bonds is 5. The normalized spacial score (nSPS) is 10.9. The van der Waals surface area contributed by atoms with Crippen molar-refractivity contribution in [1.29, 1.82) is 0 Å². The van der Waals surface area contributed by atoms with E-state index in [1.165, 1.54) is 11.3 Å². The Morgan fingerprint density at radius 3 is 2.86 bits per heavy atom. The summed E-state index contributed by atoms with van der Waals surface area (Å²) >= 11 is 7.44. The van der Waals surface area contributed by atoms with Crippen LogP contribution >= 0.6 is 22.9 Å². The quantitative estimate of drug-likeness (QED) is 0.851. The van der Waals surface area contributed by atoms with Crippen molar-refractivity contribution < 1.29 is 4.74 Å². The summed E-state index contributed by atoms with van der Waals surface area (Å²) in [6, 6.07) is 0.448. The summed E-state index contributed by atoms with van der Waals surface area (Å²) in [7, 11) is 0. The van der Waals surface area contributed by atoms with Gasteiger partial charge in [0.1, 0.15) is 5.15 Å². The molecule has 0 unspecified atom stereocenters. The average Bonchev–Trinajstić information content (AvgIpc) is 2.44. The summed E-state index contributed by atoms with van der Waals surface area (Å²) in [4.78, 5) is 5.13. The van der Waals surface area contributed by atoms with E-state index in [2.05, 4.69) is 24.1 Å². The summed E-state index contributed by atoms with van der Waals surface area (Å²) in [5, 5.41) is 4.49. The minimum Gasteiger partial charge on any atom is -0.470 e. The Kier molecular flexibility index (Phi) is 4.65. The van der Waals surface area contributed by atoms with Gasteiger partial charge in [-0.15, -0.1) is 0 Å². The Labute approximate surface area is 93.4 Å². The van der Waals surface area contributed by atoms with Gasteiger partial charge in [0.2, 0.25) is 0 Å². The molecule has 0 aliphatic carbocycles. The molecular weight excluding hydrogens is 220 g/mol. The Bertz CT molecular complexity index is 288. The molecule has 0 aliphatic rings. The van der Waals surface area contributed by atoms with Crippen molar-refractivity contribution in [2.75, 3.05) is 6.61 Å². The second-order valence-electron chi connectivity index (χ2n) is 3.16. The Morgan fingerprint density at radius 2 is 2.29 bits per heavy atom. The van der Waals surface area contributed by atoms with Gasteiger partial charge in [0.25, 0.3) is 5.19 Å². The maximum absolute atomic E-state index is 5.94. The van der Waals surface area contributed by atoms with Gasteiger partial charge in [-0.1, -0.05) is 36.8 Å². The molecule has 0 atom stereocenters. The van der Waals surface area contributed by atoms with Crippen molar-refractivity contribution in [3.63, 3.8) is 0 Å². The smallest absolute Gasteiger partial charge is 0.274 e. The molecule has 1 rings (SSSR count). The second kappa shape index (κ2) is 5.53. The number of thiazole rings is 1. The average molecular weight is 235 g/mol.